The zero-order chi connectivity index (χ0) is 18.7. The number of carbonyl (C=O) groups is 1. The third-order valence-electron chi connectivity index (χ3n) is 3.70. The maximum absolute atomic E-state index is 12.9. The number of anilines is 1. The Morgan fingerprint density at radius 3 is 2.73 bits per heavy atom. The Morgan fingerprint density at radius 1 is 1.23 bits per heavy atom. The minimum atomic E-state index is -4.45. The van der Waals surface area contributed by atoms with E-state index in [1.807, 2.05) is 0 Å². The minimum Gasteiger partial charge on any atom is -0.469 e. The smallest absolute Gasteiger partial charge is 0.416 e. The van der Waals surface area contributed by atoms with Crippen LogP contribution in [0.5, 0.6) is 0 Å². The average molecular weight is 363 g/mol. The second-order valence-electron chi connectivity index (χ2n) is 5.76. The summed E-state index contributed by atoms with van der Waals surface area (Å²) in [6.45, 7) is 1.70. The molecule has 1 amide bonds. The summed E-state index contributed by atoms with van der Waals surface area (Å²) < 4.78 is 45.2. The Labute approximate surface area is 147 Å². The summed E-state index contributed by atoms with van der Waals surface area (Å²) in [5.74, 6) is 0.712. The van der Waals surface area contributed by atoms with E-state index in [2.05, 4.69) is 10.4 Å². The molecule has 0 unspecified atom stereocenters. The molecule has 26 heavy (non-hydrogen) atoms. The van der Waals surface area contributed by atoms with Crippen molar-refractivity contribution in [3.63, 3.8) is 0 Å². The average Bonchev–Trinajstić information content (AvgIpc) is 3.22. The number of amides is 1. The van der Waals surface area contributed by atoms with Crippen LogP contribution in [0.3, 0.4) is 0 Å². The van der Waals surface area contributed by atoms with Gasteiger partial charge in [0.2, 0.25) is 5.91 Å². The second kappa shape index (κ2) is 7.07. The van der Waals surface area contributed by atoms with Gasteiger partial charge in [0, 0.05) is 18.9 Å². The monoisotopic (exact) mass is 363 g/mol. The van der Waals surface area contributed by atoms with E-state index in [9.17, 15) is 18.0 Å². The number of aromatic nitrogens is 2. The van der Waals surface area contributed by atoms with Crippen LogP contribution in [0, 0.1) is 6.92 Å². The summed E-state index contributed by atoms with van der Waals surface area (Å²) in [4.78, 5) is 12.2. The van der Waals surface area contributed by atoms with Gasteiger partial charge in [-0.3, -0.25) is 4.79 Å². The lowest BCUT2D eigenvalue weighted by atomic mass is 10.2. The Kier molecular flexibility index (Phi) is 4.83. The first-order chi connectivity index (χ1) is 12.3. The van der Waals surface area contributed by atoms with Crippen molar-refractivity contribution < 1.29 is 22.4 Å². The number of hydrogen-bond acceptors (Lipinski definition) is 3. The van der Waals surface area contributed by atoms with Gasteiger partial charge in [-0.25, -0.2) is 4.68 Å². The molecule has 0 saturated carbocycles. The highest BCUT2D eigenvalue weighted by atomic mass is 19.4. The summed E-state index contributed by atoms with van der Waals surface area (Å²) in [6.07, 6.45) is -2.32. The Morgan fingerprint density at radius 2 is 2.04 bits per heavy atom. The third kappa shape index (κ3) is 4.14. The summed E-state index contributed by atoms with van der Waals surface area (Å²) >= 11 is 0. The van der Waals surface area contributed by atoms with E-state index in [-0.39, 0.29) is 18.0 Å². The maximum Gasteiger partial charge on any atom is 0.416 e. The van der Waals surface area contributed by atoms with E-state index in [1.54, 1.807) is 25.1 Å². The van der Waals surface area contributed by atoms with Crippen molar-refractivity contribution in [2.45, 2.75) is 25.9 Å². The van der Waals surface area contributed by atoms with Crippen molar-refractivity contribution in [3.05, 3.63) is 65.7 Å². The zero-order valence-electron chi connectivity index (χ0n) is 13.9. The number of hydrogen-bond donors (Lipinski definition) is 1. The Hall–Kier alpha value is -3.03. The predicted molar refractivity (Wildman–Crippen MR) is 89.0 cm³/mol. The van der Waals surface area contributed by atoms with Gasteiger partial charge >= 0.3 is 6.18 Å². The van der Waals surface area contributed by atoms with Gasteiger partial charge in [-0.2, -0.15) is 18.3 Å². The standard InChI is InChI=1S/C18H16F3N3O2/c1-12-10-16(22-17(25)8-7-15-6-3-9-26-15)24(23-12)14-5-2-4-13(11-14)18(19,20)21/h2-6,9-11H,7-8H2,1H3,(H,22,25). The summed E-state index contributed by atoms with van der Waals surface area (Å²) in [5.41, 5.74) is 0.0104. The van der Waals surface area contributed by atoms with Crippen LogP contribution < -0.4 is 5.32 Å². The fourth-order valence-corrected chi connectivity index (χ4v) is 2.50. The van der Waals surface area contributed by atoms with Crippen LogP contribution in [0.1, 0.15) is 23.4 Å². The molecule has 0 bridgehead atoms. The van der Waals surface area contributed by atoms with Crippen molar-refractivity contribution in [2.24, 2.45) is 0 Å². The fourth-order valence-electron chi connectivity index (χ4n) is 2.50. The highest BCUT2D eigenvalue weighted by Gasteiger charge is 2.30. The lowest BCUT2D eigenvalue weighted by Gasteiger charge is -2.11. The number of benzene rings is 1. The van der Waals surface area contributed by atoms with Crippen LogP contribution in [-0.4, -0.2) is 15.7 Å². The van der Waals surface area contributed by atoms with Gasteiger partial charge in [0.25, 0.3) is 0 Å². The van der Waals surface area contributed by atoms with Gasteiger partial charge in [-0.05, 0) is 37.3 Å². The summed E-state index contributed by atoms with van der Waals surface area (Å²) in [6, 6.07) is 9.89. The quantitative estimate of drug-likeness (QED) is 0.733. The summed E-state index contributed by atoms with van der Waals surface area (Å²) in [7, 11) is 0. The van der Waals surface area contributed by atoms with Crippen LogP contribution in [-0.2, 0) is 17.4 Å². The van der Waals surface area contributed by atoms with Gasteiger partial charge < -0.3 is 9.73 Å². The van der Waals surface area contributed by atoms with Gasteiger partial charge in [0.15, 0.2) is 0 Å². The van der Waals surface area contributed by atoms with E-state index in [0.29, 0.717) is 23.7 Å². The Balaban J connectivity index is 1.79. The van der Waals surface area contributed by atoms with Crippen molar-refractivity contribution in [1.82, 2.24) is 9.78 Å². The van der Waals surface area contributed by atoms with Crippen molar-refractivity contribution in [3.8, 4) is 5.69 Å². The highest BCUT2D eigenvalue weighted by Crippen LogP contribution is 2.31. The zero-order valence-corrected chi connectivity index (χ0v) is 13.9. The van der Waals surface area contributed by atoms with Gasteiger partial charge in [0.1, 0.15) is 11.6 Å². The molecule has 1 aromatic carbocycles. The molecule has 3 aromatic rings. The fraction of sp³-hybridized carbons (Fsp3) is 0.222. The number of aryl methyl sites for hydroxylation is 2. The molecule has 8 heteroatoms. The van der Waals surface area contributed by atoms with E-state index in [0.717, 1.165) is 12.1 Å². The number of rotatable bonds is 5. The van der Waals surface area contributed by atoms with E-state index >= 15 is 0 Å². The lowest BCUT2D eigenvalue weighted by Crippen LogP contribution is -2.15. The number of halogens is 3. The molecular weight excluding hydrogens is 347 g/mol. The molecule has 136 valence electrons. The molecule has 0 fully saturated rings. The number of furan rings is 1. The van der Waals surface area contributed by atoms with E-state index < -0.39 is 11.7 Å². The first-order valence-electron chi connectivity index (χ1n) is 7.89. The van der Waals surface area contributed by atoms with Crippen LogP contribution in [0.2, 0.25) is 0 Å². The number of nitrogens with zero attached hydrogens (tertiary/aromatic N) is 2. The molecule has 0 saturated heterocycles. The largest absolute Gasteiger partial charge is 0.469 e. The highest BCUT2D eigenvalue weighted by molar-refractivity contribution is 5.90. The molecule has 2 aromatic heterocycles. The maximum atomic E-state index is 12.9. The van der Waals surface area contributed by atoms with Crippen LogP contribution in [0.15, 0.2) is 53.1 Å². The Bertz CT molecular complexity index is 899. The molecule has 3 rings (SSSR count). The van der Waals surface area contributed by atoms with Crippen LogP contribution in [0.25, 0.3) is 5.69 Å². The van der Waals surface area contributed by atoms with Crippen LogP contribution >= 0.6 is 0 Å². The predicted octanol–water partition coefficient (Wildman–Crippen LogP) is 4.36. The summed E-state index contributed by atoms with van der Waals surface area (Å²) in [5, 5.41) is 6.87. The molecule has 0 aliphatic carbocycles. The molecule has 0 atom stereocenters. The topological polar surface area (TPSA) is 60.1 Å². The molecule has 5 nitrogen and oxygen atoms in total. The normalized spacial score (nSPS) is 11.5. The second-order valence-corrected chi connectivity index (χ2v) is 5.76. The van der Waals surface area contributed by atoms with Crippen molar-refractivity contribution in [2.75, 3.05) is 5.32 Å². The SMILES string of the molecule is Cc1cc(NC(=O)CCc2ccco2)n(-c2cccc(C(F)(F)F)c2)n1. The van der Waals surface area contributed by atoms with Crippen molar-refractivity contribution >= 4 is 11.7 Å². The van der Waals surface area contributed by atoms with Gasteiger partial charge in [0.05, 0.1) is 23.2 Å². The molecule has 1 N–H and O–H groups in total. The number of alkyl halides is 3. The third-order valence-corrected chi connectivity index (χ3v) is 3.70. The first kappa shape index (κ1) is 17.8. The number of nitrogens with one attached hydrogen (secondary N) is 1. The van der Waals surface area contributed by atoms with E-state index in [4.69, 9.17) is 4.42 Å². The van der Waals surface area contributed by atoms with Gasteiger partial charge in [-0.1, -0.05) is 6.07 Å². The minimum absolute atomic E-state index is 0.181. The molecule has 0 aliphatic heterocycles. The molecule has 0 radical (unpaired) electrons. The van der Waals surface area contributed by atoms with Crippen molar-refractivity contribution in [1.29, 1.82) is 0 Å². The van der Waals surface area contributed by atoms with Crippen LogP contribution in [0.4, 0.5) is 19.0 Å². The molecular formula is C18H16F3N3O2. The first-order valence-corrected chi connectivity index (χ1v) is 7.89. The molecule has 0 spiro atoms. The number of carbonyl (C=O) groups excluding carboxylic acids is 1. The molecule has 2 heterocycles. The van der Waals surface area contributed by atoms with Gasteiger partial charge in [-0.15, -0.1) is 0 Å². The lowest BCUT2D eigenvalue weighted by molar-refractivity contribution is -0.137. The molecule has 0 aliphatic rings. The van der Waals surface area contributed by atoms with E-state index in [1.165, 1.54) is 23.1 Å².